The minimum atomic E-state index is 0.328. The van der Waals surface area contributed by atoms with Crippen LogP contribution in [-0.4, -0.2) is 16.3 Å². The van der Waals surface area contributed by atoms with Gasteiger partial charge >= 0.3 is 0 Å². The molecule has 1 aromatic heterocycles. The molecule has 1 aromatic rings. The fourth-order valence-corrected chi connectivity index (χ4v) is 1.15. The van der Waals surface area contributed by atoms with Gasteiger partial charge in [-0.1, -0.05) is 27.4 Å². The summed E-state index contributed by atoms with van der Waals surface area (Å²) in [5.74, 6) is 0. The second-order valence-electron chi connectivity index (χ2n) is 4.68. The van der Waals surface area contributed by atoms with E-state index in [2.05, 4.69) is 37.8 Å². The molecule has 1 heterocycles. The molecule has 0 amide bonds. The number of nitrogens with one attached hydrogen (secondary N) is 1. The highest BCUT2D eigenvalue weighted by Crippen LogP contribution is 2.10. The van der Waals surface area contributed by atoms with E-state index in [1.807, 2.05) is 12.4 Å². The third-order valence-corrected chi connectivity index (χ3v) is 1.83. The summed E-state index contributed by atoms with van der Waals surface area (Å²) in [6, 6.07) is 0. The van der Waals surface area contributed by atoms with Crippen LogP contribution in [0.4, 0.5) is 0 Å². The Bertz CT molecular complexity index is 294. The van der Waals surface area contributed by atoms with E-state index in [-0.39, 0.29) is 0 Å². The fraction of sp³-hybridized carbons (Fsp3) is 0.545. The summed E-state index contributed by atoms with van der Waals surface area (Å²) in [6.45, 7) is 12.2. The van der Waals surface area contributed by atoms with Gasteiger partial charge in [0.05, 0.1) is 6.20 Å². The molecular weight excluding hydrogens is 174 g/mol. The Hall–Kier alpha value is -1.09. The van der Waals surface area contributed by atoms with Crippen LogP contribution < -0.4 is 5.32 Å². The van der Waals surface area contributed by atoms with Crippen LogP contribution in [0.5, 0.6) is 0 Å². The Balaban J connectivity index is 2.35. The number of hydrogen-bond donors (Lipinski definition) is 1. The lowest BCUT2D eigenvalue weighted by Crippen LogP contribution is -2.26. The molecule has 0 aliphatic carbocycles. The summed E-state index contributed by atoms with van der Waals surface area (Å²) in [7, 11) is 0. The molecule has 0 radical (unpaired) electrons. The van der Waals surface area contributed by atoms with Crippen molar-refractivity contribution in [2.45, 2.75) is 27.3 Å². The van der Waals surface area contributed by atoms with E-state index in [4.69, 9.17) is 0 Å². The number of rotatable bonds is 4. The molecule has 0 unspecified atom stereocenters. The van der Waals surface area contributed by atoms with Crippen LogP contribution in [0.3, 0.4) is 0 Å². The zero-order valence-electron chi connectivity index (χ0n) is 9.25. The molecule has 0 atom stereocenters. The van der Waals surface area contributed by atoms with Gasteiger partial charge in [0.15, 0.2) is 0 Å². The SMILES string of the molecule is C=Cn1cc(CNCC(C)(C)C)cn1. The Labute approximate surface area is 85.8 Å². The molecule has 3 nitrogen and oxygen atoms in total. The van der Waals surface area contributed by atoms with Crippen LogP contribution in [0.1, 0.15) is 26.3 Å². The Morgan fingerprint density at radius 3 is 2.79 bits per heavy atom. The van der Waals surface area contributed by atoms with Crippen molar-refractivity contribution in [1.29, 1.82) is 0 Å². The minimum Gasteiger partial charge on any atom is -0.312 e. The predicted octanol–water partition coefficient (Wildman–Crippen LogP) is 2.12. The average molecular weight is 193 g/mol. The highest BCUT2D eigenvalue weighted by molar-refractivity contribution is 5.17. The Morgan fingerprint density at radius 2 is 2.29 bits per heavy atom. The molecule has 3 heteroatoms. The van der Waals surface area contributed by atoms with Gasteiger partial charge in [0.1, 0.15) is 0 Å². The topological polar surface area (TPSA) is 29.9 Å². The highest BCUT2D eigenvalue weighted by atomic mass is 15.2. The van der Waals surface area contributed by atoms with E-state index >= 15 is 0 Å². The number of hydrogen-bond acceptors (Lipinski definition) is 2. The first kappa shape index (κ1) is 11.0. The summed E-state index contributed by atoms with van der Waals surface area (Å²) in [4.78, 5) is 0. The molecule has 0 bridgehead atoms. The summed E-state index contributed by atoms with van der Waals surface area (Å²) >= 11 is 0. The van der Waals surface area contributed by atoms with Gasteiger partial charge in [0.2, 0.25) is 0 Å². The van der Waals surface area contributed by atoms with Gasteiger partial charge in [-0.3, -0.25) is 0 Å². The van der Waals surface area contributed by atoms with E-state index in [0.29, 0.717) is 5.41 Å². The predicted molar refractivity (Wildman–Crippen MR) is 59.8 cm³/mol. The van der Waals surface area contributed by atoms with Gasteiger partial charge in [-0.25, -0.2) is 4.68 Å². The molecule has 0 aliphatic heterocycles. The van der Waals surface area contributed by atoms with E-state index in [0.717, 1.165) is 13.1 Å². The second kappa shape index (κ2) is 4.42. The lowest BCUT2D eigenvalue weighted by atomic mass is 9.97. The van der Waals surface area contributed by atoms with Crippen LogP contribution >= 0.6 is 0 Å². The molecule has 0 aromatic carbocycles. The minimum absolute atomic E-state index is 0.328. The van der Waals surface area contributed by atoms with E-state index < -0.39 is 0 Å². The molecule has 0 saturated carbocycles. The highest BCUT2D eigenvalue weighted by Gasteiger charge is 2.08. The lowest BCUT2D eigenvalue weighted by Gasteiger charge is -2.18. The Kier molecular flexibility index (Phi) is 3.47. The Morgan fingerprint density at radius 1 is 1.57 bits per heavy atom. The summed E-state index contributed by atoms with van der Waals surface area (Å²) in [5, 5.41) is 7.50. The number of aromatic nitrogens is 2. The standard InChI is InChI=1S/C11H19N3/c1-5-14-8-10(7-13-14)6-12-9-11(2,3)4/h5,7-8,12H,1,6,9H2,2-4H3. The van der Waals surface area contributed by atoms with E-state index in [1.54, 1.807) is 10.9 Å². The molecule has 0 spiro atoms. The van der Waals surface area contributed by atoms with E-state index in [1.165, 1.54) is 5.56 Å². The smallest absolute Gasteiger partial charge is 0.0538 e. The summed E-state index contributed by atoms with van der Waals surface area (Å²) in [5.41, 5.74) is 1.52. The van der Waals surface area contributed by atoms with Crippen molar-refractivity contribution in [2.24, 2.45) is 5.41 Å². The van der Waals surface area contributed by atoms with Crippen LogP contribution in [0, 0.1) is 5.41 Å². The third-order valence-electron chi connectivity index (χ3n) is 1.83. The van der Waals surface area contributed by atoms with Crippen LogP contribution in [-0.2, 0) is 6.54 Å². The largest absolute Gasteiger partial charge is 0.312 e. The van der Waals surface area contributed by atoms with Gasteiger partial charge in [-0.05, 0) is 5.41 Å². The zero-order valence-corrected chi connectivity index (χ0v) is 9.25. The molecule has 14 heavy (non-hydrogen) atoms. The number of nitrogens with zero attached hydrogens (tertiary/aromatic N) is 2. The van der Waals surface area contributed by atoms with Crippen LogP contribution in [0.15, 0.2) is 19.0 Å². The monoisotopic (exact) mass is 193 g/mol. The maximum absolute atomic E-state index is 4.11. The van der Waals surface area contributed by atoms with Gasteiger partial charge in [0.25, 0.3) is 0 Å². The molecule has 1 N–H and O–H groups in total. The van der Waals surface area contributed by atoms with E-state index in [9.17, 15) is 0 Å². The van der Waals surface area contributed by atoms with Gasteiger partial charge in [-0.15, -0.1) is 0 Å². The van der Waals surface area contributed by atoms with Crippen molar-refractivity contribution < 1.29 is 0 Å². The van der Waals surface area contributed by atoms with Crippen molar-refractivity contribution in [3.8, 4) is 0 Å². The first-order valence-corrected chi connectivity index (χ1v) is 4.87. The molecule has 78 valence electrons. The third kappa shape index (κ3) is 3.75. The van der Waals surface area contributed by atoms with Crippen LogP contribution in [0.2, 0.25) is 0 Å². The first-order chi connectivity index (χ1) is 6.51. The van der Waals surface area contributed by atoms with Gasteiger partial charge in [-0.2, -0.15) is 5.10 Å². The lowest BCUT2D eigenvalue weighted by molar-refractivity contribution is 0.379. The van der Waals surface area contributed by atoms with Crippen molar-refractivity contribution in [3.05, 3.63) is 24.5 Å². The molecule has 0 aliphatic rings. The summed E-state index contributed by atoms with van der Waals surface area (Å²) < 4.78 is 1.72. The average Bonchev–Trinajstić information content (AvgIpc) is 2.50. The maximum Gasteiger partial charge on any atom is 0.0538 e. The fourth-order valence-electron chi connectivity index (χ4n) is 1.15. The second-order valence-corrected chi connectivity index (χ2v) is 4.68. The van der Waals surface area contributed by atoms with Crippen LogP contribution in [0.25, 0.3) is 6.20 Å². The van der Waals surface area contributed by atoms with Crippen molar-refractivity contribution in [3.63, 3.8) is 0 Å². The zero-order chi connectivity index (χ0) is 10.6. The van der Waals surface area contributed by atoms with Gasteiger partial charge < -0.3 is 5.32 Å². The first-order valence-electron chi connectivity index (χ1n) is 4.87. The quantitative estimate of drug-likeness (QED) is 0.793. The van der Waals surface area contributed by atoms with Crippen molar-refractivity contribution in [1.82, 2.24) is 15.1 Å². The summed E-state index contributed by atoms with van der Waals surface area (Å²) in [6.07, 6.45) is 5.52. The molecular formula is C11H19N3. The molecule has 0 fully saturated rings. The van der Waals surface area contributed by atoms with Crippen molar-refractivity contribution in [2.75, 3.05) is 6.54 Å². The molecule has 1 rings (SSSR count). The maximum atomic E-state index is 4.11. The van der Waals surface area contributed by atoms with Crippen molar-refractivity contribution >= 4 is 6.20 Å². The van der Waals surface area contributed by atoms with Gasteiger partial charge in [0, 0.05) is 31.0 Å². The molecule has 0 saturated heterocycles. The normalized spacial score (nSPS) is 11.6.